The van der Waals surface area contributed by atoms with Gasteiger partial charge in [0.1, 0.15) is 25.9 Å². The highest BCUT2D eigenvalue weighted by molar-refractivity contribution is 6.30. The highest BCUT2D eigenvalue weighted by atomic mass is 16.7. The second-order valence-corrected chi connectivity index (χ2v) is 3.55. The van der Waals surface area contributed by atoms with Crippen LogP contribution < -0.4 is 0 Å². The minimum atomic E-state index is -1.26. The number of Topliss-reactive ketones (excluding diaryl/α,β-unsaturated/α-hetero) is 2. The van der Waals surface area contributed by atoms with Gasteiger partial charge in [0.05, 0.1) is 0 Å². The zero-order valence-corrected chi connectivity index (χ0v) is 9.30. The lowest BCUT2D eigenvalue weighted by Gasteiger charge is -2.06. The summed E-state index contributed by atoms with van der Waals surface area (Å²) in [7, 11) is 0. The average Bonchev–Trinajstić information content (AvgIpc) is 2.57. The summed E-state index contributed by atoms with van der Waals surface area (Å²) in [6.45, 7) is 0.638. The van der Waals surface area contributed by atoms with Gasteiger partial charge < -0.3 is 9.47 Å². The van der Waals surface area contributed by atoms with Crippen molar-refractivity contribution in [3.63, 3.8) is 0 Å². The Morgan fingerprint density at radius 1 is 1.12 bits per heavy atom. The molecule has 0 aromatic carbocycles. The minimum absolute atomic E-state index is 0.100. The number of carbonyl (C=O) groups excluding carboxylic acids is 4. The van der Waals surface area contributed by atoms with Crippen molar-refractivity contribution in [3.8, 4) is 0 Å². The third-order valence-corrected chi connectivity index (χ3v) is 2.02. The van der Waals surface area contributed by atoms with Crippen molar-refractivity contribution in [1.82, 2.24) is 0 Å². The topological polar surface area (TPSA) is 86.7 Å². The molecule has 0 aromatic heterocycles. The molecule has 0 bridgehead atoms. The van der Waals surface area contributed by atoms with Crippen LogP contribution in [0.5, 0.6) is 0 Å². The van der Waals surface area contributed by atoms with E-state index in [-0.39, 0.29) is 25.8 Å². The van der Waals surface area contributed by atoms with Gasteiger partial charge in [0, 0.05) is 0 Å². The lowest BCUT2D eigenvalue weighted by Crippen LogP contribution is -2.29. The van der Waals surface area contributed by atoms with Crippen molar-refractivity contribution in [2.24, 2.45) is 5.92 Å². The molecule has 0 fully saturated rings. The van der Waals surface area contributed by atoms with Crippen molar-refractivity contribution in [2.75, 3.05) is 20.0 Å². The Balaban J connectivity index is 2.24. The van der Waals surface area contributed by atoms with E-state index in [1.165, 1.54) is 6.92 Å². The average molecular weight is 240 g/mol. The molecule has 0 N–H and O–H groups in total. The molecule has 1 aliphatic carbocycles. The summed E-state index contributed by atoms with van der Waals surface area (Å²) >= 11 is 0. The van der Waals surface area contributed by atoms with E-state index >= 15 is 0 Å². The first-order valence-corrected chi connectivity index (χ1v) is 4.96. The van der Waals surface area contributed by atoms with E-state index in [9.17, 15) is 19.2 Å². The monoisotopic (exact) mass is 240 g/mol. The molecule has 0 radical (unpaired) electrons. The van der Waals surface area contributed by atoms with Crippen LogP contribution in [0.25, 0.3) is 0 Å². The van der Waals surface area contributed by atoms with Crippen LogP contribution in [-0.2, 0) is 28.7 Å². The van der Waals surface area contributed by atoms with E-state index in [0.29, 0.717) is 0 Å². The standard InChI is InChI=1S/C11H12O6/c1-7(12)4-16-6-17-5-10(15)11-8(13)2-3-9(11)14/h2-3,11H,4-6H2,1H3. The van der Waals surface area contributed by atoms with E-state index in [2.05, 4.69) is 0 Å². The van der Waals surface area contributed by atoms with Crippen molar-refractivity contribution in [2.45, 2.75) is 6.92 Å². The summed E-state index contributed by atoms with van der Waals surface area (Å²) in [5.41, 5.74) is 0. The van der Waals surface area contributed by atoms with Crippen LogP contribution in [0.15, 0.2) is 12.2 Å². The first-order chi connectivity index (χ1) is 8.02. The van der Waals surface area contributed by atoms with E-state index in [4.69, 9.17) is 9.47 Å². The summed E-state index contributed by atoms with van der Waals surface area (Å²) in [5.74, 6) is -3.06. The summed E-state index contributed by atoms with van der Waals surface area (Å²) in [6, 6.07) is 0. The fourth-order valence-electron chi connectivity index (χ4n) is 1.28. The molecule has 0 atom stereocenters. The molecule has 0 unspecified atom stereocenters. The van der Waals surface area contributed by atoms with Gasteiger partial charge in [0.15, 0.2) is 23.1 Å². The molecule has 0 spiro atoms. The zero-order chi connectivity index (χ0) is 12.8. The largest absolute Gasteiger partial charge is 0.348 e. The minimum Gasteiger partial charge on any atom is -0.348 e. The summed E-state index contributed by atoms with van der Waals surface area (Å²) < 4.78 is 9.55. The maximum atomic E-state index is 11.4. The van der Waals surface area contributed by atoms with Gasteiger partial charge in [-0.05, 0) is 19.1 Å². The molecule has 1 rings (SSSR count). The zero-order valence-electron chi connectivity index (χ0n) is 9.30. The SMILES string of the molecule is CC(=O)COCOCC(=O)C1C(=O)C=CC1=O. The number of carbonyl (C=O) groups is 4. The smallest absolute Gasteiger partial charge is 0.177 e. The van der Waals surface area contributed by atoms with Crippen LogP contribution in [0.4, 0.5) is 0 Å². The summed E-state index contributed by atoms with van der Waals surface area (Å²) in [6.07, 6.45) is 2.16. The maximum absolute atomic E-state index is 11.4. The molecule has 0 saturated heterocycles. The number of ether oxygens (including phenoxy) is 2. The van der Waals surface area contributed by atoms with Crippen molar-refractivity contribution in [1.29, 1.82) is 0 Å². The van der Waals surface area contributed by atoms with Crippen molar-refractivity contribution >= 4 is 23.1 Å². The Hall–Kier alpha value is -1.66. The third kappa shape index (κ3) is 4.01. The summed E-state index contributed by atoms with van der Waals surface area (Å²) in [5, 5.41) is 0. The van der Waals surface area contributed by atoms with E-state index in [0.717, 1.165) is 12.2 Å². The predicted octanol–water partition coefficient (Wildman–Crippen LogP) is -0.541. The number of allylic oxidation sites excluding steroid dienone is 2. The van der Waals surface area contributed by atoms with Gasteiger partial charge in [0.2, 0.25) is 0 Å². The Bertz CT molecular complexity index is 363. The molecule has 1 aliphatic rings. The predicted molar refractivity (Wildman–Crippen MR) is 55.1 cm³/mol. The van der Waals surface area contributed by atoms with E-state index < -0.39 is 23.3 Å². The van der Waals surface area contributed by atoms with E-state index in [1.54, 1.807) is 0 Å². The molecule has 0 amide bonds. The lowest BCUT2D eigenvalue weighted by molar-refractivity contribution is -0.142. The fourth-order valence-corrected chi connectivity index (χ4v) is 1.28. The van der Waals surface area contributed by atoms with Gasteiger partial charge in [-0.25, -0.2) is 0 Å². The number of hydrogen-bond donors (Lipinski definition) is 0. The van der Waals surface area contributed by atoms with Crippen LogP contribution in [0.2, 0.25) is 0 Å². The highest BCUT2D eigenvalue weighted by Gasteiger charge is 2.34. The van der Waals surface area contributed by atoms with Crippen molar-refractivity contribution < 1.29 is 28.7 Å². The lowest BCUT2D eigenvalue weighted by atomic mass is 10.0. The van der Waals surface area contributed by atoms with Gasteiger partial charge in [0.25, 0.3) is 0 Å². The van der Waals surface area contributed by atoms with Gasteiger partial charge in [-0.3, -0.25) is 19.2 Å². The second-order valence-electron chi connectivity index (χ2n) is 3.55. The Morgan fingerprint density at radius 3 is 2.18 bits per heavy atom. The third-order valence-electron chi connectivity index (χ3n) is 2.02. The summed E-state index contributed by atoms with van der Waals surface area (Å²) in [4.78, 5) is 44.2. The Morgan fingerprint density at radius 2 is 1.65 bits per heavy atom. The molecular formula is C11H12O6. The molecule has 0 aromatic rings. The molecule has 0 aliphatic heterocycles. The van der Waals surface area contributed by atoms with Crippen LogP contribution in [0.3, 0.4) is 0 Å². The number of hydrogen-bond acceptors (Lipinski definition) is 6. The normalized spacial score (nSPS) is 15.6. The van der Waals surface area contributed by atoms with Crippen molar-refractivity contribution in [3.05, 3.63) is 12.2 Å². The maximum Gasteiger partial charge on any atom is 0.177 e. The number of rotatable bonds is 7. The number of ketones is 4. The first-order valence-electron chi connectivity index (χ1n) is 4.96. The molecule has 0 heterocycles. The quantitative estimate of drug-likeness (QED) is 0.337. The van der Waals surface area contributed by atoms with Crippen LogP contribution in [0, 0.1) is 5.92 Å². The molecule has 17 heavy (non-hydrogen) atoms. The second kappa shape index (κ2) is 6.17. The molecule has 6 nitrogen and oxygen atoms in total. The van der Waals surface area contributed by atoms with Crippen LogP contribution in [-0.4, -0.2) is 43.1 Å². The molecule has 6 heteroatoms. The van der Waals surface area contributed by atoms with Gasteiger partial charge in [-0.15, -0.1) is 0 Å². The molecule has 92 valence electrons. The van der Waals surface area contributed by atoms with E-state index in [1.807, 2.05) is 0 Å². The first kappa shape index (κ1) is 13.4. The molecule has 0 saturated carbocycles. The van der Waals surface area contributed by atoms with Crippen LogP contribution >= 0.6 is 0 Å². The Kier molecular flexibility index (Phi) is 4.86. The Labute approximate surface area is 97.6 Å². The van der Waals surface area contributed by atoms with Gasteiger partial charge >= 0.3 is 0 Å². The highest BCUT2D eigenvalue weighted by Crippen LogP contribution is 2.11. The van der Waals surface area contributed by atoms with Gasteiger partial charge in [-0.1, -0.05) is 0 Å². The fraction of sp³-hybridized carbons (Fsp3) is 0.455. The molecular weight excluding hydrogens is 228 g/mol. The van der Waals surface area contributed by atoms with Crippen LogP contribution in [0.1, 0.15) is 6.92 Å². The van der Waals surface area contributed by atoms with Gasteiger partial charge in [-0.2, -0.15) is 0 Å².